The van der Waals surface area contributed by atoms with E-state index < -0.39 is 15.8 Å². The number of primary sulfonamides is 1. The molecule has 0 bridgehead atoms. The number of sulfonamides is 1. The van der Waals surface area contributed by atoms with E-state index >= 15 is 0 Å². The van der Waals surface area contributed by atoms with E-state index in [0.29, 0.717) is 5.56 Å². The third kappa shape index (κ3) is 4.68. The minimum absolute atomic E-state index is 0.0398. The lowest BCUT2D eigenvalue weighted by molar-refractivity contribution is 0.451. The maximum atomic E-state index is 13.0. The Labute approximate surface area is 99.5 Å². The first-order valence-corrected chi connectivity index (χ1v) is 6.73. The van der Waals surface area contributed by atoms with Crippen molar-refractivity contribution in [3.63, 3.8) is 0 Å². The lowest BCUT2D eigenvalue weighted by Gasteiger charge is -2.15. The van der Waals surface area contributed by atoms with Gasteiger partial charge in [0.2, 0.25) is 10.0 Å². The molecule has 0 aliphatic rings. The van der Waals surface area contributed by atoms with Crippen molar-refractivity contribution in [2.75, 3.05) is 12.3 Å². The maximum Gasteiger partial charge on any atom is 0.210 e. The van der Waals surface area contributed by atoms with Crippen LogP contribution in [0.1, 0.15) is 18.5 Å². The number of nitrogens with two attached hydrogens (primary N) is 1. The van der Waals surface area contributed by atoms with Crippen molar-refractivity contribution >= 4 is 10.0 Å². The number of rotatable bonds is 5. The van der Waals surface area contributed by atoms with Crippen molar-refractivity contribution in [1.29, 1.82) is 0 Å². The Morgan fingerprint density at radius 3 is 2.76 bits per heavy atom. The van der Waals surface area contributed by atoms with E-state index in [1.165, 1.54) is 12.1 Å². The van der Waals surface area contributed by atoms with E-state index in [2.05, 4.69) is 5.32 Å². The first-order valence-electron chi connectivity index (χ1n) is 5.02. The van der Waals surface area contributed by atoms with Gasteiger partial charge >= 0.3 is 0 Å². The van der Waals surface area contributed by atoms with Crippen LogP contribution in [0.5, 0.6) is 5.75 Å². The van der Waals surface area contributed by atoms with Crippen molar-refractivity contribution in [3.8, 4) is 5.75 Å². The van der Waals surface area contributed by atoms with Crippen LogP contribution in [0.4, 0.5) is 4.39 Å². The molecule has 0 radical (unpaired) electrons. The van der Waals surface area contributed by atoms with Gasteiger partial charge in [-0.05, 0) is 25.1 Å². The molecule has 0 aliphatic heterocycles. The highest BCUT2D eigenvalue weighted by molar-refractivity contribution is 7.89. The summed E-state index contributed by atoms with van der Waals surface area (Å²) in [6.07, 6.45) is 0. The van der Waals surface area contributed by atoms with Gasteiger partial charge in [0.1, 0.15) is 11.6 Å². The second-order valence-electron chi connectivity index (χ2n) is 3.75. The van der Waals surface area contributed by atoms with Crippen LogP contribution in [0.3, 0.4) is 0 Å². The zero-order valence-electron chi connectivity index (χ0n) is 9.35. The van der Waals surface area contributed by atoms with Crippen molar-refractivity contribution in [2.45, 2.75) is 13.0 Å². The van der Waals surface area contributed by atoms with Crippen molar-refractivity contribution < 1.29 is 17.9 Å². The molecular formula is C10H15FN2O3S. The van der Waals surface area contributed by atoms with Crippen molar-refractivity contribution in [1.82, 2.24) is 5.32 Å². The molecular weight excluding hydrogens is 247 g/mol. The average Bonchev–Trinajstić information content (AvgIpc) is 2.19. The second-order valence-corrected chi connectivity index (χ2v) is 5.48. The summed E-state index contributed by atoms with van der Waals surface area (Å²) in [5.41, 5.74) is 0.374. The lowest BCUT2D eigenvalue weighted by Crippen LogP contribution is -2.29. The molecule has 17 heavy (non-hydrogen) atoms. The fourth-order valence-electron chi connectivity index (χ4n) is 1.40. The smallest absolute Gasteiger partial charge is 0.210 e. The molecule has 7 heteroatoms. The van der Waals surface area contributed by atoms with Gasteiger partial charge in [0.25, 0.3) is 0 Å². The SMILES string of the molecule is CC(NCCS(N)(=O)=O)c1cc(F)ccc1O. The van der Waals surface area contributed by atoms with Gasteiger partial charge in [-0.1, -0.05) is 0 Å². The minimum Gasteiger partial charge on any atom is -0.508 e. The Bertz CT molecular complexity index is 490. The standard InChI is InChI=1S/C10H15FN2O3S/c1-7(13-4-5-17(12,15)16)9-6-8(11)2-3-10(9)14/h2-3,6-7,13-14H,4-5H2,1H3,(H2,12,15,16). The normalized spacial score (nSPS) is 13.6. The summed E-state index contributed by atoms with van der Waals surface area (Å²) in [4.78, 5) is 0. The summed E-state index contributed by atoms with van der Waals surface area (Å²) in [6, 6.07) is 3.23. The van der Waals surface area contributed by atoms with E-state index in [4.69, 9.17) is 5.14 Å². The monoisotopic (exact) mass is 262 g/mol. The second kappa shape index (κ2) is 5.44. The van der Waals surface area contributed by atoms with E-state index in [1.807, 2.05) is 0 Å². The molecule has 0 saturated heterocycles. The molecule has 1 aromatic carbocycles. The Morgan fingerprint density at radius 1 is 1.53 bits per heavy atom. The summed E-state index contributed by atoms with van der Waals surface area (Å²) in [7, 11) is -3.52. The molecule has 0 amide bonds. The number of phenolic OH excluding ortho intramolecular Hbond substituents is 1. The number of nitrogens with one attached hydrogen (secondary N) is 1. The zero-order valence-corrected chi connectivity index (χ0v) is 10.2. The Hall–Kier alpha value is -1.18. The molecule has 0 heterocycles. The topological polar surface area (TPSA) is 92.4 Å². The van der Waals surface area contributed by atoms with Crippen LogP contribution in [0, 0.1) is 5.82 Å². The molecule has 0 fully saturated rings. The Morgan fingerprint density at radius 2 is 2.18 bits per heavy atom. The highest BCUT2D eigenvalue weighted by Gasteiger charge is 2.12. The van der Waals surface area contributed by atoms with Gasteiger partial charge in [-0.25, -0.2) is 17.9 Å². The van der Waals surface area contributed by atoms with Crippen molar-refractivity contribution in [3.05, 3.63) is 29.6 Å². The fraction of sp³-hybridized carbons (Fsp3) is 0.400. The zero-order chi connectivity index (χ0) is 13.1. The summed E-state index contributed by atoms with van der Waals surface area (Å²) < 4.78 is 34.4. The van der Waals surface area contributed by atoms with Gasteiger partial charge in [0, 0.05) is 18.2 Å². The number of aromatic hydroxyl groups is 1. The first-order chi connectivity index (χ1) is 7.79. The number of phenols is 1. The molecule has 0 saturated carbocycles. The molecule has 4 N–H and O–H groups in total. The third-order valence-corrected chi connectivity index (χ3v) is 3.07. The van der Waals surface area contributed by atoms with Gasteiger partial charge < -0.3 is 10.4 Å². The summed E-state index contributed by atoms with van der Waals surface area (Å²) >= 11 is 0. The van der Waals surface area contributed by atoms with E-state index in [1.54, 1.807) is 6.92 Å². The Balaban J connectivity index is 2.64. The molecule has 1 aromatic rings. The molecule has 0 aromatic heterocycles. The molecule has 0 spiro atoms. The van der Waals surface area contributed by atoms with Crippen LogP contribution < -0.4 is 10.5 Å². The lowest BCUT2D eigenvalue weighted by atomic mass is 10.1. The molecule has 1 atom stereocenters. The van der Waals surface area contributed by atoms with Crippen LogP contribution in [0.15, 0.2) is 18.2 Å². The molecule has 1 rings (SSSR count). The van der Waals surface area contributed by atoms with Gasteiger partial charge in [-0.3, -0.25) is 0 Å². The number of benzene rings is 1. The Kier molecular flexibility index (Phi) is 4.44. The van der Waals surface area contributed by atoms with Gasteiger partial charge in [-0.2, -0.15) is 0 Å². The van der Waals surface area contributed by atoms with Crippen LogP contribution >= 0.6 is 0 Å². The summed E-state index contributed by atoms with van der Waals surface area (Å²) in [5.74, 6) is -0.715. The first kappa shape index (κ1) is 13.9. The van der Waals surface area contributed by atoms with Gasteiger partial charge in [0.15, 0.2) is 0 Å². The van der Waals surface area contributed by atoms with E-state index in [9.17, 15) is 17.9 Å². The molecule has 96 valence electrons. The van der Waals surface area contributed by atoms with Crippen molar-refractivity contribution in [2.24, 2.45) is 5.14 Å². The maximum absolute atomic E-state index is 13.0. The highest BCUT2D eigenvalue weighted by Crippen LogP contribution is 2.24. The average molecular weight is 262 g/mol. The van der Waals surface area contributed by atoms with Crippen LogP contribution in [0.25, 0.3) is 0 Å². The number of hydrogen-bond donors (Lipinski definition) is 3. The summed E-state index contributed by atoms with van der Waals surface area (Å²) in [5, 5.41) is 17.2. The van der Waals surface area contributed by atoms with Gasteiger partial charge in [-0.15, -0.1) is 0 Å². The molecule has 5 nitrogen and oxygen atoms in total. The fourth-order valence-corrected chi connectivity index (χ4v) is 1.80. The van der Waals surface area contributed by atoms with Gasteiger partial charge in [0.05, 0.1) is 5.75 Å². The highest BCUT2D eigenvalue weighted by atomic mass is 32.2. The predicted octanol–water partition coefficient (Wildman–Crippen LogP) is 0.470. The summed E-state index contributed by atoms with van der Waals surface area (Å²) in [6.45, 7) is 1.83. The third-order valence-electron chi connectivity index (χ3n) is 2.29. The van der Waals surface area contributed by atoms with Crippen LogP contribution in [0.2, 0.25) is 0 Å². The molecule has 1 unspecified atom stereocenters. The minimum atomic E-state index is -3.52. The van der Waals surface area contributed by atoms with E-state index in [0.717, 1.165) is 6.07 Å². The largest absolute Gasteiger partial charge is 0.508 e. The van der Waals surface area contributed by atoms with Crippen LogP contribution in [-0.4, -0.2) is 25.8 Å². The number of hydrogen-bond acceptors (Lipinski definition) is 4. The van der Waals surface area contributed by atoms with Crippen LogP contribution in [-0.2, 0) is 10.0 Å². The predicted molar refractivity (Wildman–Crippen MR) is 62.5 cm³/mol. The molecule has 0 aliphatic carbocycles. The van der Waals surface area contributed by atoms with E-state index in [-0.39, 0.29) is 24.1 Å². The quantitative estimate of drug-likeness (QED) is 0.719. The number of halogens is 1.